The first-order valence-corrected chi connectivity index (χ1v) is 9.44. The standard InChI is InChI=1S/C22H27N3O/c1-6-17-22(24(4)16-10-11-16)19-9-7-8-18(25(19)23-17)21-15(3)12-14(2)13-20(21)26-5/h7-9,12-13,16H,6,10-11H2,1-5H3. The maximum atomic E-state index is 5.72. The van der Waals surface area contributed by atoms with Gasteiger partial charge in [0.1, 0.15) is 5.75 Å². The molecule has 136 valence electrons. The number of hydrogen-bond donors (Lipinski definition) is 0. The Hall–Kier alpha value is -2.49. The molecule has 0 saturated heterocycles. The summed E-state index contributed by atoms with van der Waals surface area (Å²) in [6.45, 7) is 6.43. The molecule has 3 aromatic rings. The fourth-order valence-electron chi connectivity index (χ4n) is 3.98. The van der Waals surface area contributed by atoms with Gasteiger partial charge in [0, 0.05) is 18.7 Å². The van der Waals surface area contributed by atoms with Gasteiger partial charge >= 0.3 is 0 Å². The first kappa shape index (κ1) is 17.0. The summed E-state index contributed by atoms with van der Waals surface area (Å²) >= 11 is 0. The number of hydrogen-bond acceptors (Lipinski definition) is 3. The number of benzene rings is 1. The summed E-state index contributed by atoms with van der Waals surface area (Å²) in [5.41, 5.74) is 8.24. The Labute approximate surface area is 155 Å². The number of nitrogens with zero attached hydrogens (tertiary/aromatic N) is 3. The first-order valence-electron chi connectivity index (χ1n) is 9.44. The fourth-order valence-corrected chi connectivity index (χ4v) is 3.98. The Morgan fingerprint density at radius 3 is 2.65 bits per heavy atom. The normalized spacial score (nSPS) is 14.0. The fraction of sp³-hybridized carbons (Fsp3) is 0.409. The van der Waals surface area contributed by atoms with Crippen LogP contribution >= 0.6 is 0 Å². The Balaban J connectivity index is 1.98. The zero-order valence-electron chi connectivity index (χ0n) is 16.3. The summed E-state index contributed by atoms with van der Waals surface area (Å²) in [6.07, 6.45) is 3.49. The predicted molar refractivity (Wildman–Crippen MR) is 107 cm³/mol. The second-order valence-electron chi connectivity index (χ2n) is 7.36. The molecule has 1 fully saturated rings. The van der Waals surface area contributed by atoms with Crippen molar-refractivity contribution in [3.8, 4) is 17.0 Å². The van der Waals surface area contributed by atoms with Crippen LogP contribution in [0.5, 0.6) is 5.75 Å². The lowest BCUT2D eigenvalue weighted by Gasteiger charge is -2.19. The highest BCUT2D eigenvalue weighted by Crippen LogP contribution is 2.39. The van der Waals surface area contributed by atoms with Gasteiger partial charge in [0.05, 0.1) is 29.7 Å². The van der Waals surface area contributed by atoms with Crippen LogP contribution in [0.4, 0.5) is 5.69 Å². The highest BCUT2D eigenvalue weighted by atomic mass is 16.5. The lowest BCUT2D eigenvalue weighted by Crippen LogP contribution is -2.20. The molecule has 1 saturated carbocycles. The number of anilines is 1. The van der Waals surface area contributed by atoms with E-state index in [1.54, 1.807) is 7.11 Å². The summed E-state index contributed by atoms with van der Waals surface area (Å²) < 4.78 is 7.82. The zero-order valence-corrected chi connectivity index (χ0v) is 16.3. The van der Waals surface area contributed by atoms with E-state index in [4.69, 9.17) is 9.84 Å². The number of methoxy groups -OCH3 is 1. The minimum atomic E-state index is 0.660. The summed E-state index contributed by atoms with van der Waals surface area (Å²) in [5.74, 6) is 0.903. The van der Waals surface area contributed by atoms with Crippen LogP contribution in [0, 0.1) is 13.8 Å². The van der Waals surface area contributed by atoms with Gasteiger partial charge in [0.2, 0.25) is 0 Å². The van der Waals surface area contributed by atoms with E-state index in [2.05, 4.69) is 67.6 Å². The maximum Gasteiger partial charge on any atom is 0.128 e. The number of rotatable bonds is 5. The van der Waals surface area contributed by atoms with Crippen LogP contribution in [0.15, 0.2) is 30.3 Å². The van der Waals surface area contributed by atoms with E-state index in [0.29, 0.717) is 6.04 Å². The van der Waals surface area contributed by atoms with Crippen LogP contribution in [0.2, 0.25) is 0 Å². The Kier molecular flexibility index (Phi) is 4.14. The van der Waals surface area contributed by atoms with Crippen molar-refractivity contribution in [3.05, 3.63) is 47.2 Å². The molecule has 1 aromatic carbocycles. The van der Waals surface area contributed by atoms with Crippen molar-refractivity contribution in [3.63, 3.8) is 0 Å². The summed E-state index contributed by atoms with van der Waals surface area (Å²) in [5, 5.41) is 5.00. The van der Waals surface area contributed by atoms with Crippen molar-refractivity contribution in [2.75, 3.05) is 19.1 Å². The van der Waals surface area contributed by atoms with Gasteiger partial charge in [-0.3, -0.25) is 0 Å². The molecular weight excluding hydrogens is 322 g/mol. The third kappa shape index (κ3) is 2.64. The van der Waals surface area contributed by atoms with E-state index in [0.717, 1.165) is 29.1 Å². The molecule has 0 atom stereocenters. The second kappa shape index (κ2) is 6.35. The molecule has 4 rings (SSSR count). The van der Waals surface area contributed by atoms with Gasteiger partial charge in [-0.05, 0) is 62.4 Å². The van der Waals surface area contributed by atoms with Crippen LogP contribution in [0.25, 0.3) is 16.8 Å². The molecule has 26 heavy (non-hydrogen) atoms. The minimum absolute atomic E-state index is 0.660. The molecule has 4 heteroatoms. The molecule has 0 N–H and O–H groups in total. The molecule has 0 spiro atoms. The highest BCUT2D eigenvalue weighted by Gasteiger charge is 2.30. The molecule has 0 aliphatic heterocycles. The van der Waals surface area contributed by atoms with E-state index in [1.165, 1.54) is 35.2 Å². The van der Waals surface area contributed by atoms with Gasteiger partial charge in [-0.15, -0.1) is 0 Å². The van der Waals surface area contributed by atoms with Crippen LogP contribution in [0.1, 0.15) is 36.6 Å². The number of ether oxygens (including phenoxy) is 1. The molecule has 4 nitrogen and oxygen atoms in total. The van der Waals surface area contributed by atoms with Crippen LogP contribution in [-0.4, -0.2) is 29.8 Å². The van der Waals surface area contributed by atoms with Crippen LogP contribution in [-0.2, 0) is 6.42 Å². The molecule has 0 radical (unpaired) electrons. The lowest BCUT2D eigenvalue weighted by atomic mass is 10.0. The van der Waals surface area contributed by atoms with Gasteiger partial charge in [-0.2, -0.15) is 5.10 Å². The quantitative estimate of drug-likeness (QED) is 0.663. The summed E-state index contributed by atoms with van der Waals surface area (Å²) in [4.78, 5) is 2.42. The third-order valence-corrected chi connectivity index (χ3v) is 5.40. The molecule has 0 bridgehead atoms. The van der Waals surface area contributed by atoms with E-state index >= 15 is 0 Å². The van der Waals surface area contributed by atoms with Crippen molar-refractivity contribution in [1.82, 2.24) is 9.61 Å². The molecule has 0 unspecified atom stereocenters. The van der Waals surface area contributed by atoms with Gasteiger partial charge < -0.3 is 9.64 Å². The zero-order chi connectivity index (χ0) is 18.4. The molecule has 2 aromatic heterocycles. The summed E-state index contributed by atoms with van der Waals surface area (Å²) in [6, 6.07) is 11.4. The van der Waals surface area contributed by atoms with Crippen molar-refractivity contribution in [2.45, 2.75) is 46.1 Å². The number of pyridine rings is 1. The number of aromatic nitrogens is 2. The molecule has 2 heterocycles. The second-order valence-corrected chi connectivity index (χ2v) is 7.36. The average Bonchev–Trinajstić information content (AvgIpc) is 3.40. The topological polar surface area (TPSA) is 29.8 Å². The van der Waals surface area contributed by atoms with Gasteiger partial charge in [-0.1, -0.05) is 19.1 Å². The van der Waals surface area contributed by atoms with E-state index in [-0.39, 0.29) is 0 Å². The Morgan fingerprint density at radius 2 is 2.00 bits per heavy atom. The van der Waals surface area contributed by atoms with Crippen molar-refractivity contribution < 1.29 is 4.74 Å². The van der Waals surface area contributed by atoms with Crippen molar-refractivity contribution in [1.29, 1.82) is 0 Å². The number of fused-ring (bicyclic) bond motifs is 1. The van der Waals surface area contributed by atoms with Gasteiger partial charge in [-0.25, -0.2) is 4.52 Å². The van der Waals surface area contributed by atoms with Crippen LogP contribution < -0.4 is 9.64 Å². The maximum absolute atomic E-state index is 5.72. The SMILES string of the molecule is CCc1nn2c(-c3c(C)cc(C)cc3OC)cccc2c1N(C)C1CC1. The van der Waals surface area contributed by atoms with Gasteiger partial charge in [0.15, 0.2) is 0 Å². The van der Waals surface area contributed by atoms with Crippen LogP contribution in [0.3, 0.4) is 0 Å². The molecule has 1 aliphatic carbocycles. The smallest absolute Gasteiger partial charge is 0.128 e. The largest absolute Gasteiger partial charge is 0.496 e. The molecular formula is C22H27N3O. The van der Waals surface area contributed by atoms with Gasteiger partial charge in [0.25, 0.3) is 0 Å². The van der Waals surface area contributed by atoms with E-state index in [1.807, 2.05) is 0 Å². The third-order valence-electron chi connectivity index (χ3n) is 5.40. The Morgan fingerprint density at radius 1 is 1.23 bits per heavy atom. The summed E-state index contributed by atoms with van der Waals surface area (Å²) in [7, 11) is 3.95. The van der Waals surface area contributed by atoms with E-state index < -0.39 is 0 Å². The minimum Gasteiger partial charge on any atom is -0.496 e. The first-order chi connectivity index (χ1) is 12.5. The van der Waals surface area contributed by atoms with Crippen molar-refractivity contribution in [2.24, 2.45) is 0 Å². The monoisotopic (exact) mass is 349 g/mol. The molecule has 0 amide bonds. The highest BCUT2D eigenvalue weighted by molar-refractivity contribution is 5.81. The van der Waals surface area contributed by atoms with Crippen molar-refractivity contribution >= 4 is 11.2 Å². The molecule has 1 aliphatic rings. The average molecular weight is 349 g/mol. The Bertz CT molecular complexity index is 969. The number of aryl methyl sites for hydroxylation is 3. The lowest BCUT2D eigenvalue weighted by molar-refractivity contribution is 0.415. The predicted octanol–water partition coefficient (Wildman–Crippen LogP) is 4.79. The van der Waals surface area contributed by atoms with E-state index in [9.17, 15) is 0 Å².